The number of anilines is 1. The smallest absolute Gasteiger partial charge is 0.305 e. The molecule has 9 atom stereocenters. The lowest BCUT2D eigenvalue weighted by molar-refractivity contribution is -0.146. The van der Waals surface area contributed by atoms with Gasteiger partial charge in [0.15, 0.2) is 0 Å². The molecule has 5 heterocycles. The van der Waals surface area contributed by atoms with Gasteiger partial charge in [0.05, 0.1) is 12.7 Å². The van der Waals surface area contributed by atoms with Crippen molar-refractivity contribution in [3.63, 3.8) is 0 Å². The summed E-state index contributed by atoms with van der Waals surface area (Å²) in [6.45, 7) is 3.42. The first kappa shape index (κ1) is 80.5. The lowest BCUT2D eigenvalue weighted by atomic mass is 9.64. The second-order valence-corrected chi connectivity index (χ2v) is 30.9. The minimum atomic E-state index is -2.04. The third-order valence-electron chi connectivity index (χ3n) is 20.8. The summed E-state index contributed by atoms with van der Waals surface area (Å²) in [5, 5.41) is 56.1. The van der Waals surface area contributed by atoms with E-state index in [-0.39, 0.29) is 69.8 Å². The van der Waals surface area contributed by atoms with E-state index >= 15 is 32.8 Å². The minimum Gasteiger partial charge on any atom is -0.508 e. The molecule has 1 unspecified atom stereocenters. The highest BCUT2D eigenvalue weighted by molar-refractivity contribution is 7.98. The van der Waals surface area contributed by atoms with Crippen LogP contribution >= 0.6 is 23.5 Å². The number of hydrogen-bond donors (Lipinski definition) is 14. The maximum atomic E-state index is 15.9. The van der Waals surface area contributed by atoms with Crippen molar-refractivity contribution in [1.29, 1.82) is 0 Å². The number of aromatic hydroxyl groups is 1. The van der Waals surface area contributed by atoms with Gasteiger partial charge in [0.2, 0.25) is 53.2 Å². The van der Waals surface area contributed by atoms with Crippen LogP contribution < -0.4 is 47.9 Å². The minimum absolute atomic E-state index is 0.0729. The van der Waals surface area contributed by atoms with Crippen LogP contribution in [0.15, 0.2) is 104 Å². The van der Waals surface area contributed by atoms with E-state index in [1.54, 1.807) is 36.9 Å². The molecule has 14 N–H and O–H groups in total. The van der Waals surface area contributed by atoms with Gasteiger partial charge in [-0.25, -0.2) is 13.8 Å². The number of carboxylic acid groups (broad SMARTS) is 2. The van der Waals surface area contributed by atoms with E-state index in [9.17, 15) is 44.1 Å². The Kier molecular flexibility index (Phi) is 28.1. The Labute approximate surface area is 632 Å². The number of phenols is 1. The predicted molar refractivity (Wildman–Crippen MR) is 402 cm³/mol. The van der Waals surface area contributed by atoms with Crippen LogP contribution in [0.4, 0.5) is 14.5 Å². The van der Waals surface area contributed by atoms with Gasteiger partial charge in [0.1, 0.15) is 65.2 Å². The van der Waals surface area contributed by atoms with E-state index in [0.717, 1.165) is 49.7 Å². The van der Waals surface area contributed by atoms with E-state index in [2.05, 4.69) is 62.8 Å². The number of carbonyl (C=O) groups excluding carboxylic acids is 9. The van der Waals surface area contributed by atoms with Crippen LogP contribution in [0.2, 0.25) is 0 Å². The second kappa shape index (κ2) is 37.7. The maximum absolute atomic E-state index is 15.9. The molecule has 2 aromatic heterocycles. The predicted octanol–water partition coefficient (Wildman–Crippen LogP) is 6.23. The Morgan fingerprint density at radius 3 is 1.96 bits per heavy atom. The van der Waals surface area contributed by atoms with Gasteiger partial charge in [0, 0.05) is 115 Å². The molecule has 1 aliphatic carbocycles. The highest BCUT2D eigenvalue weighted by Gasteiger charge is 2.50. The average Bonchev–Trinajstić information content (AvgIpc) is 1.59. The van der Waals surface area contributed by atoms with E-state index in [0.29, 0.717) is 81.2 Å². The van der Waals surface area contributed by atoms with Crippen molar-refractivity contribution >= 4 is 105 Å². The van der Waals surface area contributed by atoms with Crippen molar-refractivity contribution in [2.75, 3.05) is 36.5 Å². The van der Waals surface area contributed by atoms with Crippen molar-refractivity contribution in [2.45, 2.75) is 194 Å². The normalized spacial score (nSPS) is 25.1. The third-order valence-corrected chi connectivity index (χ3v) is 22.9. The van der Waals surface area contributed by atoms with Gasteiger partial charge < -0.3 is 78.0 Å². The first-order valence-electron chi connectivity index (χ1n) is 36.8. The Morgan fingerprint density at radius 1 is 0.630 bits per heavy atom. The number of carbonyl (C=O) groups is 11. The molecule has 4 aliphatic rings. The van der Waals surface area contributed by atoms with E-state index < -0.39 is 149 Å². The van der Waals surface area contributed by atoms with Gasteiger partial charge in [-0.15, -0.1) is 0 Å². The summed E-state index contributed by atoms with van der Waals surface area (Å²) in [5.74, 6) is -10.4. The monoisotopic (exact) mass is 1530 g/mol. The summed E-state index contributed by atoms with van der Waals surface area (Å²) in [6.07, 6.45) is 7.94. The van der Waals surface area contributed by atoms with Crippen LogP contribution in [0.1, 0.15) is 144 Å². The van der Waals surface area contributed by atoms with E-state index in [1.807, 2.05) is 24.3 Å². The highest BCUT2D eigenvalue weighted by Crippen LogP contribution is 2.50. The van der Waals surface area contributed by atoms with Gasteiger partial charge >= 0.3 is 11.9 Å². The maximum Gasteiger partial charge on any atom is 0.305 e. The standard InChI is InChI=1S/C77H95F2N13O14S2/c1-45-68(99)87-60(33-49-39-82-57-21-17-51(78)34-55(49)57)70(101)91-64(38-77(50-13-7-5-3-4-6-8-14-50)43-83-58-22-18-52(79)35-56(58)77)73(104)89-62(37-67(97)98)72(103)88-61(36-53-40-80-44-84-53)71(102)90-63(32-46-15-19-54(93)20-16-46)74(105)92-28-10-26-76(92,2)75(106)81-27-30-108-42-48-12-9-11-47(31-48)41-107-29-25-65(94)86-59(69(100)85-45)23-24-66(95)96/h9,11-12,15-22,31,34-35,39-40,44-45,50,59-64,82-83,93H,3-8,10,13-14,23-30,32-33,36-38,41-43H2,1-2H3,(H,80,84)(H,81,106)(H,85,100)(H,86,94)(H,87,99)(H,88,103)(H,89,104)(H,90,102)(H,91,101)(H,95,96)(H,97,98)/t45-,59+,60+,61+,62+,63+,64+,76+,77?/m1/s1. The fourth-order valence-corrected chi connectivity index (χ4v) is 16.7. The summed E-state index contributed by atoms with van der Waals surface area (Å²) in [6, 6.07) is 10.3. The number of aliphatic carboxylic acids is 2. The molecule has 0 spiro atoms. The molecule has 2 fully saturated rings. The molecule has 3 aliphatic heterocycles. The molecule has 6 aromatic rings. The molecular weight excluding hydrogens is 1430 g/mol. The van der Waals surface area contributed by atoms with Crippen LogP contribution in [0.5, 0.6) is 5.75 Å². The van der Waals surface area contributed by atoms with Crippen LogP contribution in [0.3, 0.4) is 0 Å². The first-order valence-corrected chi connectivity index (χ1v) is 39.1. The third kappa shape index (κ3) is 21.4. The number of thioether (sulfide) groups is 2. The SMILES string of the molecule is C[C@H]1NC(=O)[C@H](CCC(=O)O)NC(=O)CCSCc2cccc(c2)CSCCNC(=O)[C@]2(C)CCCN2C(=O)[C@H](Cc2ccc(O)cc2)NC(=O)[C@H](Cc2cnc[nH]2)NC(=O)[C@H](CC(=O)O)NC(=O)[C@H](CC2(C3CCCCCCCC3)CNc3ccc(F)cc32)NC(=O)[C@H](Cc2c[nH]c3ccc(F)cc23)NC1=O. The van der Waals surface area contributed by atoms with Crippen LogP contribution in [0, 0.1) is 17.6 Å². The molecule has 578 valence electrons. The van der Waals surface area contributed by atoms with Crippen molar-refractivity contribution < 1.29 is 76.8 Å². The molecule has 108 heavy (non-hydrogen) atoms. The number of halogens is 2. The number of aromatic amines is 2. The summed E-state index contributed by atoms with van der Waals surface area (Å²) in [4.78, 5) is 171. The molecule has 10 rings (SSSR count). The number of fused-ring (bicyclic) bond motifs is 5. The highest BCUT2D eigenvalue weighted by atomic mass is 32.2. The number of hydrogen-bond acceptors (Lipinski definition) is 16. The number of nitrogens with one attached hydrogen (secondary N) is 11. The molecule has 0 radical (unpaired) electrons. The summed E-state index contributed by atoms with van der Waals surface area (Å²) in [5.41, 5.74) is 1.98. The number of carboxylic acids is 2. The van der Waals surface area contributed by atoms with Gasteiger partial charge in [-0.2, -0.15) is 23.5 Å². The fraction of sp³-hybridized carbons (Fsp3) is 0.481. The van der Waals surface area contributed by atoms with Gasteiger partial charge in [-0.3, -0.25) is 52.7 Å². The van der Waals surface area contributed by atoms with Crippen molar-refractivity contribution in [2.24, 2.45) is 5.92 Å². The summed E-state index contributed by atoms with van der Waals surface area (Å²) < 4.78 is 31.1. The quantitative estimate of drug-likeness (QED) is 0.0575. The largest absolute Gasteiger partial charge is 0.508 e. The summed E-state index contributed by atoms with van der Waals surface area (Å²) >= 11 is 3.02. The molecule has 1 saturated heterocycles. The van der Waals surface area contributed by atoms with E-state index in [1.165, 1.54) is 84.8 Å². The number of amides is 9. The van der Waals surface area contributed by atoms with Crippen molar-refractivity contribution in [1.82, 2.24) is 62.4 Å². The number of rotatable bonds is 14. The molecule has 31 heteroatoms. The zero-order valence-electron chi connectivity index (χ0n) is 60.4. The van der Waals surface area contributed by atoms with Crippen LogP contribution in [0.25, 0.3) is 10.9 Å². The number of imidazole rings is 1. The van der Waals surface area contributed by atoms with Gasteiger partial charge in [0.25, 0.3) is 0 Å². The Hall–Kier alpha value is -10.0. The molecule has 1 saturated carbocycles. The first-order chi connectivity index (χ1) is 51.8. The Morgan fingerprint density at radius 2 is 1.26 bits per heavy atom. The number of benzene rings is 4. The lowest BCUT2D eigenvalue weighted by Gasteiger charge is -2.41. The number of aromatic nitrogens is 3. The van der Waals surface area contributed by atoms with E-state index in [4.69, 9.17) is 0 Å². The molecule has 27 nitrogen and oxygen atoms in total. The Balaban J connectivity index is 1.03. The molecule has 9 amide bonds. The topological polar surface area (TPSA) is 404 Å². The number of H-pyrrole nitrogens is 2. The molecule has 2 bridgehead atoms. The lowest BCUT2D eigenvalue weighted by Crippen LogP contribution is -2.62. The van der Waals surface area contributed by atoms with Gasteiger partial charge in [-0.1, -0.05) is 74.9 Å². The summed E-state index contributed by atoms with van der Waals surface area (Å²) in [7, 11) is 0. The van der Waals surface area contributed by atoms with Crippen molar-refractivity contribution in [3.8, 4) is 5.75 Å². The Bertz CT molecular complexity index is 4220. The number of phenolic OH excluding ortho intramolecular Hbond substituents is 1. The van der Waals surface area contributed by atoms with Crippen LogP contribution in [-0.4, -0.2) is 179 Å². The molecular formula is C77H95F2N13O14S2. The average molecular weight is 1530 g/mol. The second-order valence-electron chi connectivity index (χ2n) is 28.6. The van der Waals surface area contributed by atoms with Gasteiger partial charge in [-0.05, 0) is 135 Å². The number of nitrogens with zero attached hydrogens (tertiary/aromatic N) is 2. The zero-order chi connectivity index (χ0) is 77.1. The van der Waals surface area contributed by atoms with Crippen molar-refractivity contribution in [3.05, 3.63) is 149 Å². The fourth-order valence-electron chi connectivity index (χ4n) is 15.0. The molecule has 4 aromatic carbocycles. The zero-order valence-corrected chi connectivity index (χ0v) is 62.0. The van der Waals surface area contributed by atoms with Crippen LogP contribution in [-0.2, 0) is 88.9 Å².